The van der Waals surface area contributed by atoms with Gasteiger partial charge in [-0.25, -0.2) is 0 Å². The number of rotatable bonds is 6. The maximum atomic E-state index is 11.7. The molecule has 1 fully saturated rings. The van der Waals surface area contributed by atoms with Crippen LogP contribution in [0.2, 0.25) is 0 Å². The lowest BCUT2D eigenvalue weighted by Gasteiger charge is -2.39. The fraction of sp³-hybridized carbons (Fsp3) is 0.929. The Morgan fingerprint density at radius 2 is 2.00 bits per heavy atom. The smallest absolute Gasteiger partial charge is 0.324 e. The fourth-order valence-electron chi connectivity index (χ4n) is 2.41. The van der Waals surface area contributed by atoms with Gasteiger partial charge in [0.1, 0.15) is 6.04 Å². The third-order valence-electron chi connectivity index (χ3n) is 4.28. The molecule has 0 spiro atoms. The summed E-state index contributed by atoms with van der Waals surface area (Å²) < 4.78 is 5.07. The van der Waals surface area contributed by atoms with E-state index in [1.54, 1.807) is 0 Å². The van der Waals surface area contributed by atoms with E-state index >= 15 is 0 Å². The summed E-state index contributed by atoms with van der Waals surface area (Å²) in [6, 6.07) is -0.198. The van der Waals surface area contributed by atoms with Crippen molar-refractivity contribution in [2.75, 3.05) is 33.3 Å². The number of ether oxygens (including phenoxy) is 1. The molecular weight excluding hydrogens is 228 g/mol. The molecule has 4 nitrogen and oxygen atoms in total. The fourth-order valence-corrected chi connectivity index (χ4v) is 2.41. The Balaban J connectivity index is 2.41. The zero-order chi connectivity index (χ0) is 13.6. The molecule has 0 aromatic heterocycles. The van der Waals surface area contributed by atoms with Crippen LogP contribution in [0.1, 0.15) is 40.0 Å². The average molecular weight is 256 g/mol. The van der Waals surface area contributed by atoms with Gasteiger partial charge in [0.25, 0.3) is 0 Å². The summed E-state index contributed by atoms with van der Waals surface area (Å²) >= 11 is 0. The molecule has 18 heavy (non-hydrogen) atoms. The first kappa shape index (κ1) is 15.4. The molecule has 1 rings (SSSR count). The predicted molar refractivity (Wildman–Crippen MR) is 73.6 cm³/mol. The Labute approximate surface area is 111 Å². The van der Waals surface area contributed by atoms with Gasteiger partial charge in [0.05, 0.1) is 6.61 Å². The first-order chi connectivity index (χ1) is 8.54. The number of piperidine rings is 1. The summed E-state index contributed by atoms with van der Waals surface area (Å²) in [6.07, 6.45) is 3.69. The minimum absolute atomic E-state index is 0.135. The van der Waals surface area contributed by atoms with Crippen molar-refractivity contribution in [3.05, 3.63) is 0 Å². The quantitative estimate of drug-likeness (QED) is 0.734. The molecule has 1 aliphatic rings. The maximum absolute atomic E-state index is 11.7. The second-order valence-corrected chi connectivity index (χ2v) is 5.56. The van der Waals surface area contributed by atoms with Crippen LogP contribution in [0, 0.1) is 5.41 Å². The molecule has 0 radical (unpaired) electrons. The zero-order valence-corrected chi connectivity index (χ0v) is 12.3. The summed E-state index contributed by atoms with van der Waals surface area (Å²) in [6.45, 7) is 9.86. The number of hydrogen-bond acceptors (Lipinski definition) is 4. The molecule has 106 valence electrons. The van der Waals surface area contributed by atoms with E-state index in [0.717, 1.165) is 19.6 Å². The number of nitrogens with one attached hydrogen (secondary N) is 1. The predicted octanol–water partition coefficient (Wildman–Crippen LogP) is 1.65. The molecule has 0 aromatic carbocycles. The van der Waals surface area contributed by atoms with Gasteiger partial charge in [-0.1, -0.05) is 20.3 Å². The number of nitrogens with zero attached hydrogens (tertiary/aromatic N) is 1. The van der Waals surface area contributed by atoms with E-state index < -0.39 is 0 Å². The van der Waals surface area contributed by atoms with Crippen LogP contribution in [-0.4, -0.2) is 50.2 Å². The lowest BCUT2D eigenvalue weighted by atomic mass is 9.78. The van der Waals surface area contributed by atoms with Crippen LogP contribution < -0.4 is 5.32 Å². The van der Waals surface area contributed by atoms with Crippen molar-refractivity contribution in [3.8, 4) is 0 Å². The van der Waals surface area contributed by atoms with Gasteiger partial charge in [-0.3, -0.25) is 4.79 Å². The van der Waals surface area contributed by atoms with Gasteiger partial charge in [-0.15, -0.1) is 0 Å². The third kappa shape index (κ3) is 4.25. The van der Waals surface area contributed by atoms with E-state index in [2.05, 4.69) is 24.1 Å². The largest absolute Gasteiger partial charge is 0.465 e. The number of carbonyl (C=O) groups is 1. The molecule has 1 saturated heterocycles. The van der Waals surface area contributed by atoms with Crippen LogP contribution in [0.15, 0.2) is 0 Å². The monoisotopic (exact) mass is 256 g/mol. The highest BCUT2D eigenvalue weighted by Gasteiger charge is 2.30. The second kappa shape index (κ2) is 7.10. The molecule has 0 saturated carbocycles. The van der Waals surface area contributed by atoms with E-state index in [4.69, 9.17) is 4.74 Å². The van der Waals surface area contributed by atoms with Crippen molar-refractivity contribution >= 4 is 5.97 Å². The Morgan fingerprint density at radius 3 is 2.44 bits per heavy atom. The summed E-state index contributed by atoms with van der Waals surface area (Å²) in [7, 11) is 1.82. The standard InChI is InChI=1S/C14H28N2O2/c1-5-14(3)7-9-16(10-8-14)11-12(15-4)13(17)18-6-2/h12,15H,5-11H2,1-4H3. The van der Waals surface area contributed by atoms with E-state index in [1.165, 1.54) is 19.3 Å². The van der Waals surface area contributed by atoms with Crippen molar-refractivity contribution in [1.29, 1.82) is 0 Å². The van der Waals surface area contributed by atoms with Gasteiger partial charge in [0.2, 0.25) is 0 Å². The van der Waals surface area contributed by atoms with Gasteiger partial charge in [-0.2, -0.15) is 0 Å². The molecule has 1 heterocycles. The number of carbonyl (C=O) groups excluding carboxylic acids is 1. The molecule has 1 N–H and O–H groups in total. The Morgan fingerprint density at radius 1 is 1.39 bits per heavy atom. The van der Waals surface area contributed by atoms with Gasteiger partial charge in [0, 0.05) is 6.54 Å². The first-order valence-electron chi connectivity index (χ1n) is 7.11. The van der Waals surface area contributed by atoms with E-state index in [0.29, 0.717) is 12.0 Å². The lowest BCUT2D eigenvalue weighted by molar-refractivity contribution is -0.146. The minimum Gasteiger partial charge on any atom is -0.465 e. The Kier molecular flexibility index (Phi) is 6.09. The van der Waals surface area contributed by atoms with Crippen molar-refractivity contribution in [2.45, 2.75) is 46.1 Å². The van der Waals surface area contributed by atoms with Crippen LogP contribution >= 0.6 is 0 Å². The molecule has 0 bridgehead atoms. The van der Waals surface area contributed by atoms with Gasteiger partial charge in [0.15, 0.2) is 0 Å². The van der Waals surface area contributed by atoms with Gasteiger partial charge >= 0.3 is 5.97 Å². The van der Waals surface area contributed by atoms with Gasteiger partial charge < -0.3 is 15.0 Å². The van der Waals surface area contributed by atoms with Crippen LogP contribution in [0.4, 0.5) is 0 Å². The number of hydrogen-bond donors (Lipinski definition) is 1. The lowest BCUT2D eigenvalue weighted by Crippen LogP contribution is -2.48. The molecule has 4 heteroatoms. The van der Waals surface area contributed by atoms with Crippen molar-refractivity contribution < 1.29 is 9.53 Å². The van der Waals surface area contributed by atoms with E-state index in [9.17, 15) is 4.79 Å². The van der Waals surface area contributed by atoms with Crippen LogP contribution in [0.3, 0.4) is 0 Å². The summed E-state index contributed by atoms with van der Waals surface area (Å²) in [5, 5.41) is 3.05. The van der Waals surface area contributed by atoms with Crippen LogP contribution in [-0.2, 0) is 9.53 Å². The first-order valence-corrected chi connectivity index (χ1v) is 7.11. The highest BCUT2D eigenvalue weighted by Crippen LogP contribution is 2.33. The Bertz CT molecular complexity index is 261. The molecule has 1 aliphatic heterocycles. The van der Waals surface area contributed by atoms with Crippen molar-refractivity contribution in [2.24, 2.45) is 5.41 Å². The topological polar surface area (TPSA) is 41.6 Å². The average Bonchev–Trinajstić information content (AvgIpc) is 2.38. The van der Waals surface area contributed by atoms with E-state index in [-0.39, 0.29) is 12.0 Å². The van der Waals surface area contributed by atoms with E-state index in [1.807, 2.05) is 14.0 Å². The second-order valence-electron chi connectivity index (χ2n) is 5.56. The summed E-state index contributed by atoms with van der Waals surface area (Å²) in [5.41, 5.74) is 0.496. The summed E-state index contributed by atoms with van der Waals surface area (Å²) in [5.74, 6) is -0.135. The molecule has 0 amide bonds. The SMILES string of the molecule is CCOC(=O)C(CN1CCC(C)(CC)CC1)NC. The van der Waals surface area contributed by atoms with Crippen LogP contribution in [0.5, 0.6) is 0 Å². The van der Waals surface area contributed by atoms with Crippen molar-refractivity contribution in [1.82, 2.24) is 10.2 Å². The summed E-state index contributed by atoms with van der Waals surface area (Å²) in [4.78, 5) is 14.1. The number of esters is 1. The molecule has 0 aliphatic carbocycles. The molecule has 1 unspecified atom stereocenters. The van der Waals surface area contributed by atoms with Gasteiger partial charge in [-0.05, 0) is 45.3 Å². The van der Waals surface area contributed by atoms with Crippen molar-refractivity contribution in [3.63, 3.8) is 0 Å². The molecular formula is C14H28N2O2. The Hall–Kier alpha value is -0.610. The normalized spacial score (nSPS) is 21.6. The highest BCUT2D eigenvalue weighted by molar-refractivity contribution is 5.76. The van der Waals surface area contributed by atoms with Crippen LogP contribution in [0.25, 0.3) is 0 Å². The third-order valence-corrected chi connectivity index (χ3v) is 4.28. The minimum atomic E-state index is -0.198. The maximum Gasteiger partial charge on any atom is 0.324 e. The molecule has 1 atom stereocenters. The number of likely N-dealkylation sites (N-methyl/N-ethyl adjacent to an activating group) is 1. The zero-order valence-electron chi connectivity index (χ0n) is 12.3. The highest BCUT2D eigenvalue weighted by atomic mass is 16.5. The number of likely N-dealkylation sites (tertiary alicyclic amines) is 1. The molecule has 0 aromatic rings.